The minimum absolute atomic E-state index is 0.550. The molecule has 0 aliphatic heterocycles. The van der Waals surface area contributed by atoms with Crippen molar-refractivity contribution in [3.05, 3.63) is 66.7 Å². The van der Waals surface area contributed by atoms with Crippen molar-refractivity contribution in [3.8, 4) is 0 Å². The lowest BCUT2D eigenvalue weighted by Crippen LogP contribution is -2.30. The Morgan fingerprint density at radius 3 is 1.81 bits per heavy atom. The van der Waals surface area contributed by atoms with E-state index in [2.05, 4.69) is 18.2 Å². The maximum absolute atomic E-state index is 9.71. The van der Waals surface area contributed by atoms with Crippen LogP contribution in [0.4, 0.5) is 0 Å². The molecular formula is C18H13BO2. The average Bonchev–Trinajstić information content (AvgIpc) is 2.52. The van der Waals surface area contributed by atoms with Crippen molar-refractivity contribution in [2.75, 3.05) is 0 Å². The highest BCUT2D eigenvalue weighted by atomic mass is 16.4. The molecule has 4 aromatic rings. The standard InChI is InChI=1S/C18H13BO2/c20-19(21)18-11-14-7-3-4-8-15(14)16-9-12-5-1-2-6-13(12)10-17(16)18/h1-11,20-21H. The van der Waals surface area contributed by atoms with E-state index in [1.54, 1.807) is 0 Å². The van der Waals surface area contributed by atoms with Crippen LogP contribution in [-0.2, 0) is 0 Å². The van der Waals surface area contributed by atoms with Crippen LogP contribution < -0.4 is 5.46 Å². The van der Waals surface area contributed by atoms with Crippen LogP contribution in [0.1, 0.15) is 0 Å². The monoisotopic (exact) mass is 272 g/mol. The second-order valence-corrected chi connectivity index (χ2v) is 5.31. The van der Waals surface area contributed by atoms with Gasteiger partial charge < -0.3 is 10.0 Å². The first-order valence-electron chi connectivity index (χ1n) is 6.94. The molecule has 0 atom stereocenters. The van der Waals surface area contributed by atoms with Gasteiger partial charge in [-0.1, -0.05) is 54.6 Å². The van der Waals surface area contributed by atoms with Gasteiger partial charge in [0.2, 0.25) is 0 Å². The van der Waals surface area contributed by atoms with Crippen LogP contribution in [0.2, 0.25) is 0 Å². The lowest BCUT2D eigenvalue weighted by atomic mass is 9.75. The number of benzene rings is 4. The van der Waals surface area contributed by atoms with Gasteiger partial charge in [-0.15, -0.1) is 0 Å². The molecule has 2 N–H and O–H groups in total. The highest BCUT2D eigenvalue weighted by Gasteiger charge is 2.17. The van der Waals surface area contributed by atoms with Gasteiger partial charge in [-0.05, 0) is 49.9 Å². The molecule has 0 heterocycles. The van der Waals surface area contributed by atoms with Crippen LogP contribution in [0.15, 0.2) is 66.7 Å². The second kappa shape index (κ2) is 4.59. The summed E-state index contributed by atoms with van der Waals surface area (Å²) in [5, 5.41) is 25.8. The van der Waals surface area contributed by atoms with Crippen molar-refractivity contribution in [2.24, 2.45) is 0 Å². The predicted octanol–water partition coefficient (Wildman–Crippen LogP) is 2.83. The van der Waals surface area contributed by atoms with E-state index < -0.39 is 7.12 Å². The number of hydrogen-bond donors (Lipinski definition) is 2. The van der Waals surface area contributed by atoms with Crippen LogP contribution in [0, 0.1) is 0 Å². The molecule has 0 bridgehead atoms. The van der Waals surface area contributed by atoms with E-state index in [1.165, 1.54) is 0 Å². The van der Waals surface area contributed by atoms with Gasteiger partial charge in [0.05, 0.1) is 0 Å². The van der Waals surface area contributed by atoms with Gasteiger partial charge in [-0.3, -0.25) is 0 Å². The minimum Gasteiger partial charge on any atom is -0.423 e. The zero-order valence-electron chi connectivity index (χ0n) is 11.3. The summed E-state index contributed by atoms with van der Waals surface area (Å²) in [4.78, 5) is 0. The summed E-state index contributed by atoms with van der Waals surface area (Å²) in [6.07, 6.45) is 0. The molecule has 0 fully saturated rings. The Kier molecular flexibility index (Phi) is 2.71. The third kappa shape index (κ3) is 1.90. The number of fused-ring (bicyclic) bond motifs is 4. The zero-order chi connectivity index (χ0) is 14.4. The van der Waals surface area contributed by atoms with Crippen molar-refractivity contribution in [3.63, 3.8) is 0 Å². The van der Waals surface area contributed by atoms with Crippen molar-refractivity contribution >= 4 is 44.9 Å². The zero-order valence-corrected chi connectivity index (χ0v) is 11.3. The van der Waals surface area contributed by atoms with Gasteiger partial charge >= 0.3 is 7.12 Å². The largest absolute Gasteiger partial charge is 0.489 e. The molecular weight excluding hydrogens is 259 g/mol. The first-order chi connectivity index (χ1) is 10.2. The summed E-state index contributed by atoms with van der Waals surface area (Å²) >= 11 is 0. The maximum Gasteiger partial charge on any atom is 0.489 e. The first kappa shape index (κ1) is 12.4. The van der Waals surface area contributed by atoms with Gasteiger partial charge in [0.25, 0.3) is 0 Å². The molecule has 0 spiro atoms. The van der Waals surface area contributed by atoms with Crippen LogP contribution >= 0.6 is 0 Å². The Morgan fingerprint density at radius 2 is 1.14 bits per heavy atom. The molecule has 21 heavy (non-hydrogen) atoms. The summed E-state index contributed by atoms with van der Waals surface area (Å²) in [5.74, 6) is 0. The third-order valence-corrected chi connectivity index (χ3v) is 4.04. The summed E-state index contributed by atoms with van der Waals surface area (Å²) in [6, 6.07) is 22.2. The van der Waals surface area contributed by atoms with E-state index in [1.807, 2.05) is 48.5 Å². The highest BCUT2D eigenvalue weighted by molar-refractivity contribution is 6.62. The van der Waals surface area contributed by atoms with Crippen molar-refractivity contribution in [2.45, 2.75) is 0 Å². The fourth-order valence-electron chi connectivity index (χ4n) is 3.03. The number of hydrogen-bond acceptors (Lipinski definition) is 2. The SMILES string of the molecule is OB(O)c1cc2ccccc2c2cc3ccccc3cc12. The molecule has 4 rings (SSSR count). The van der Waals surface area contributed by atoms with Gasteiger partial charge in [0, 0.05) is 0 Å². The Bertz CT molecular complexity index is 976. The highest BCUT2D eigenvalue weighted by Crippen LogP contribution is 2.28. The molecule has 0 saturated carbocycles. The van der Waals surface area contributed by atoms with Crippen molar-refractivity contribution < 1.29 is 10.0 Å². The topological polar surface area (TPSA) is 40.5 Å². The fourth-order valence-corrected chi connectivity index (χ4v) is 3.03. The second-order valence-electron chi connectivity index (χ2n) is 5.31. The van der Waals surface area contributed by atoms with Crippen LogP contribution in [0.3, 0.4) is 0 Å². The molecule has 0 saturated heterocycles. The van der Waals surface area contributed by atoms with Crippen molar-refractivity contribution in [1.82, 2.24) is 0 Å². The van der Waals surface area contributed by atoms with E-state index in [-0.39, 0.29) is 0 Å². The smallest absolute Gasteiger partial charge is 0.423 e. The summed E-state index contributed by atoms with van der Waals surface area (Å²) in [7, 11) is -1.47. The van der Waals surface area contributed by atoms with Gasteiger partial charge in [0.1, 0.15) is 0 Å². The molecule has 0 aliphatic carbocycles. The summed E-state index contributed by atoms with van der Waals surface area (Å²) in [5.41, 5.74) is 0.550. The molecule has 0 aromatic heterocycles. The summed E-state index contributed by atoms with van der Waals surface area (Å²) in [6.45, 7) is 0. The number of rotatable bonds is 1. The fraction of sp³-hybridized carbons (Fsp3) is 0. The maximum atomic E-state index is 9.71. The lowest BCUT2D eigenvalue weighted by Gasteiger charge is -2.11. The van der Waals surface area contributed by atoms with Crippen LogP contribution in [0.25, 0.3) is 32.3 Å². The van der Waals surface area contributed by atoms with E-state index >= 15 is 0 Å². The van der Waals surface area contributed by atoms with E-state index in [9.17, 15) is 10.0 Å². The van der Waals surface area contributed by atoms with Gasteiger partial charge in [-0.25, -0.2) is 0 Å². The van der Waals surface area contributed by atoms with E-state index in [0.29, 0.717) is 5.46 Å². The molecule has 2 nitrogen and oxygen atoms in total. The van der Waals surface area contributed by atoms with Gasteiger partial charge in [0.15, 0.2) is 0 Å². The Labute approximate surface area is 122 Å². The summed E-state index contributed by atoms with van der Waals surface area (Å²) < 4.78 is 0. The predicted molar refractivity (Wildman–Crippen MR) is 88.8 cm³/mol. The molecule has 0 aliphatic rings. The molecule has 0 unspecified atom stereocenters. The first-order valence-corrected chi connectivity index (χ1v) is 6.94. The third-order valence-electron chi connectivity index (χ3n) is 4.04. The lowest BCUT2D eigenvalue weighted by molar-refractivity contribution is 0.426. The van der Waals surface area contributed by atoms with Crippen LogP contribution in [-0.4, -0.2) is 17.2 Å². The molecule has 0 radical (unpaired) electrons. The van der Waals surface area contributed by atoms with Gasteiger partial charge in [-0.2, -0.15) is 0 Å². The minimum atomic E-state index is -1.47. The molecule has 100 valence electrons. The Hall–Kier alpha value is -2.36. The normalized spacial score (nSPS) is 11.3. The van der Waals surface area contributed by atoms with E-state index in [4.69, 9.17) is 0 Å². The average molecular weight is 272 g/mol. The van der Waals surface area contributed by atoms with E-state index in [0.717, 1.165) is 32.3 Å². The molecule has 0 amide bonds. The Morgan fingerprint density at radius 1 is 0.571 bits per heavy atom. The Balaban J connectivity index is 2.27. The van der Waals surface area contributed by atoms with Crippen molar-refractivity contribution in [1.29, 1.82) is 0 Å². The molecule has 4 aromatic carbocycles. The quantitative estimate of drug-likeness (QED) is 0.318. The molecule has 3 heteroatoms. The van der Waals surface area contributed by atoms with Crippen LogP contribution in [0.5, 0.6) is 0 Å².